The summed E-state index contributed by atoms with van der Waals surface area (Å²) in [6.45, 7) is 8.97. The van der Waals surface area contributed by atoms with Gasteiger partial charge < -0.3 is 10.1 Å². The third kappa shape index (κ3) is 4.43. The number of Topliss-reactive ketones (excluding diaryl/α,β-unsaturated/α-hetero) is 1. The Hall–Kier alpha value is -1.19. The molecule has 1 unspecified atom stereocenters. The van der Waals surface area contributed by atoms with Crippen LogP contribution in [0.1, 0.15) is 38.3 Å². The van der Waals surface area contributed by atoms with E-state index in [1.807, 2.05) is 0 Å². The van der Waals surface area contributed by atoms with Gasteiger partial charge in [-0.1, -0.05) is 45.0 Å². The van der Waals surface area contributed by atoms with E-state index in [4.69, 9.17) is 4.74 Å². The van der Waals surface area contributed by atoms with Crippen LogP contribution in [0.15, 0.2) is 24.3 Å². The Bertz CT molecular complexity index is 439. The predicted octanol–water partition coefficient (Wildman–Crippen LogP) is 2.47. The van der Waals surface area contributed by atoms with Crippen LogP contribution in [0.25, 0.3) is 0 Å². The van der Waals surface area contributed by atoms with Crippen LogP contribution in [0, 0.1) is 0 Å². The monoisotopic (exact) mass is 275 g/mol. The highest BCUT2D eigenvalue weighted by molar-refractivity contribution is 5.81. The number of ether oxygens (including phenoxy) is 1. The summed E-state index contributed by atoms with van der Waals surface area (Å²) in [5, 5.41) is 3.25. The topological polar surface area (TPSA) is 38.3 Å². The lowest BCUT2D eigenvalue weighted by Gasteiger charge is -2.23. The molecular formula is C17H25NO2. The molecule has 0 radical (unpaired) electrons. The first kappa shape index (κ1) is 15.2. The summed E-state index contributed by atoms with van der Waals surface area (Å²) in [7, 11) is 0. The number of ketones is 1. The molecule has 1 N–H and O–H groups in total. The zero-order valence-electron chi connectivity index (χ0n) is 12.7. The van der Waals surface area contributed by atoms with Crippen LogP contribution in [0.4, 0.5) is 0 Å². The Labute approximate surface area is 121 Å². The van der Waals surface area contributed by atoms with Gasteiger partial charge in [-0.05, 0) is 16.5 Å². The van der Waals surface area contributed by atoms with Crippen LogP contribution in [0.5, 0.6) is 0 Å². The summed E-state index contributed by atoms with van der Waals surface area (Å²) in [5.41, 5.74) is 2.55. The first-order valence-corrected chi connectivity index (χ1v) is 7.38. The number of hydrogen-bond donors (Lipinski definition) is 1. The maximum atomic E-state index is 12.1. The number of morpholine rings is 1. The van der Waals surface area contributed by atoms with Gasteiger partial charge in [0.2, 0.25) is 0 Å². The van der Waals surface area contributed by atoms with Gasteiger partial charge in [-0.3, -0.25) is 4.79 Å². The van der Waals surface area contributed by atoms with Crippen molar-refractivity contribution in [3.05, 3.63) is 35.4 Å². The molecule has 1 atom stereocenters. The second kappa shape index (κ2) is 6.51. The zero-order valence-corrected chi connectivity index (χ0v) is 12.7. The van der Waals surface area contributed by atoms with Crippen molar-refractivity contribution in [2.24, 2.45) is 0 Å². The SMILES string of the molecule is CC(C)(C)c1ccc(CC(=O)CC2CNCCO2)cc1. The Morgan fingerprint density at radius 2 is 2.00 bits per heavy atom. The molecule has 1 heterocycles. The summed E-state index contributed by atoms with van der Waals surface area (Å²) < 4.78 is 5.57. The first-order chi connectivity index (χ1) is 9.45. The number of hydrogen-bond acceptors (Lipinski definition) is 3. The average molecular weight is 275 g/mol. The predicted molar refractivity (Wildman–Crippen MR) is 81.1 cm³/mol. The van der Waals surface area contributed by atoms with E-state index in [9.17, 15) is 4.79 Å². The highest BCUT2D eigenvalue weighted by Crippen LogP contribution is 2.22. The molecule has 0 aliphatic carbocycles. The number of carbonyl (C=O) groups is 1. The third-order valence-corrected chi connectivity index (χ3v) is 3.68. The molecule has 1 aliphatic heterocycles. The lowest BCUT2D eigenvalue weighted by atomic mass is 9.86. The lowest BCUT2D eigenvalue weighted by Crippen LogP contribution is -2.39. The summed E-state index contributed by atoms with van der Waals surface area (Å²) in [4.78, 5) is 12.1. The molecule has 0 aromatic heterocycles. The van der Waals surface area contributed by atoms with Crippen molar-refractivity contribution in [3.8, 4) is 0 Å². The lowest BCUT2D eigenvalue weighted by molar-refractivity contribution is -0.121. The average Bonchev–Trinajstić information content (AvgIpc) is 2.39. The van der Waals surface area contributed by atoms with Gasteiger partial charge in [-0.15, -0.1) is 0 Å². The van der Waals surface area contributed by atoms with Gasteiger partial charge in [-0.25, -0.2) is 0 Å². The first-order valence-electron chi connectivity index (χ1n) is 7.38. The second-order valence-corrected chi connectivity index (χ2v) is 6.56. The van der Waals surface area contributed by atoms with Crippen LogP contribution in [-0.4, -0.2) is 31.6 Å². The fraction of sp³-hybridized carbons (Fsp3) is 0.588. The van der Waals surface area contributed by atoms with Crippen molar-refractivity contribution in [1.29, 1.82) is 0 Å². The van der Waals surface area contributed by atoms with Crippen molar-refractivity contribution in [2.75, 3.05) is 19.7 Å². The van der Waals surface area contributed by atoms with E-state index in [0.29, 0.717) is 19.4 Å². The van der Waals surface area contributed by atoms with Gasteiger partial charge in [0.15, 0.2) is 0 Å². The van der Waals surface area contributed by atoms with E-state index in [2.05, 4.69) is 50.4 Å². The maximum absolute atomic E-state index is 12.1. The molecule has 110 valence electrons. The minimum atomic E-state index is 0.0464. The summed E-state index contributed by atoms with van der Waals surface area (Å²) in [6.07, 6.45) is 1.06. The summed E-state index contributed by atoms with van der Waals surface area (Å²) in [6, 6.07) is 8.39. The number of rotatable bonds is 4. The van der Waals surface area contributed by atoms with Crippen LogP contribution in [0.2, 0.25) is 0 Å². The minimum absolute atomic E-state index is 0.0464. The van der Waals surface area contributed by atoms with Gasteiger partial charge in [0, 0.05) is 25.9 Å². The smallest absolute Gasteiger partial charge is 0.139 e. The molecule has 1 fully saturated rings. The Kier molecular flexibility index (Phi) is 4.95. The van der Waals surface area contributed by atoms with E-state index in [1.165, 1.54) is 5.56 Å². The van der Waals surface area contributed by atoms with Crippen molar-refractivity contribution < 1.29 is 9.53 Å². The number of nitrogens with one attached hydrogen (secondary N) is 1. The molecule has 0 spiro atoms. The van der Waals surface area contributed by atoms with Crippen molar-refractivity contribution >= 4 is 5.78 Å². The Morgan fingerprint density at radius 1 is 1.30 bits per heavy atom. The Morgan fingerprint density at radius 3 is 2.55 bits per heavy atom. The molecule has 20 heavy (non-hydrogen) atoms. The van der Waals surface area contributed by atoms with Gasteiger partial charge in [0.1, 0.15) is 5.78 Å². The number of carbonyl (C=O) groups excluding carboxylic acids is 1. The normalized spacial score (nSPS) is 19.9. The minimum Gasteiger partial charge on any atom is -0.375 e. The molecule has 3 nitrogen and oxygen atoms in total. The van der Waals surface area contributed by atoms with Crippen LogP contribution >= 0.6 is 0 Å². The summed E-state index contributed by atoms with van der Waals surface area (Å²) >= 11 is 0. The highest BCUT2D eigenvalue weighted by Gasteiger charge is 2.18. The van der Waals surface area contributed by atoms with E-state index < -0.39 is 0 Å². The molecule has 1 aromatic carbocycles. The molecule has 2 rings (SSSR count). The van der Waals surface area contributed by atoms with Gasteiger partial charge >= 0.3 is 0 Å². The fourth-order valence-electron chi connectivity index (χ4n) is 2.43. The molecule has 0 saturated carbocycles. The van der Waals surface area contributed by atoms with Crippen molar-refractivity contribution in [3.63, 3.8) is 0 Å². The van der Waals surface area contributed by atoms with Crippen LogP contribution in [0.3, 0.4) is 0 Å². The van der Waals surface area contributed by atoms with Gasteiger partial charge in [0.25, 0.3) is 0 Å². The summed E-state index contributed by atoms with van der Waals surface area (Å²) in [5.74, 6) is 0.252. The largest absolute Gasteiger partial charge is 0.375 e. The fourth-order valence-corrected chi connectivity index (χ4v) is 2.43. The quantitative estimate of drug-likeness (QED) is 0.917. The molecule has 0 bridgehead atoms. The highest BCUT2D eigenvalue weighted by atomic mass is 16.5. The number of benzene rings is 1. The molecular weight excluding hydrogens is 250 g/mol. The molecule has 1 aromatic rings. The molecule has 1 saturated heterocycles. The standard InChI is InChI=1S/C17H25NO2/c1-17(2,3)14-6-4-13(5-7-14)10-15(19)11-16-12-18-8-9-20-16/h4-7,16,18H,8-12H2,1-3H3. The van der Waals surface area contributed by atoms with E-state index in [-0.39, 0.29) is 17.3 Å². The molecule has 0 amide bonds. The van der Waals surface area contributed by atoms with Crippen molar-refractivity contribution in [2.45, 2.75) is 45.1 Å². The maximum Gasteiger partial charge on any atom is 0.139 e. The molecule has 1 aliphatic rings. The van der Waals surface area contributed by atoms with Crippen molar-refractivity contribution in [1.82, 2.24) is 5.32 Å². The van der Waals surface area contributed by atoms with Gasteiger partial charge in [-0.2, -0.15) is 0 Å². The van der Waals surface area contributed by atoms with E-state index in [1.54, 1.807) is 0 Å². The van der Waals surface area contributed by atoms with Gasteiger partial charge in [0.05, 0.1) is 12.7 Å². The van der Waals surface area contributed by atoms with E-state index in [0.717, 1.165) is 18.7 Å². The van der Waals surface area contributed by atoms with Crippen LogP contribution in [-0.2, 0) is 21.4 Å². The zero-order chi connectivity index (χ0) is 14.6. The van der Waals surface area contributed by atoms with Crippen LogP contribution < -0.4 is 5.32 Å². The molecule has 3 heteroatoms. The van der Waals surface area contributed by atoms with E-state index >= 15 is 0 Å². The Balaban J connectivity index is 1.87. The third-order valence-electron chi connectivity index (χ3n) is 3.68. The second-order valence-electron chi connectivity index (χ2n) is 6.56.